The minimum absolute atomic E-state index is 0.0537. The Hall–Kier alpha value is -4.03. The number of nitrogens with zero attached hydrogens (tertiary/aromatic N) is 2. The van der Waals surface area contributed by atoms with Gasteiger partial charge in [-0.25, -0.2) is 0 Å². The van der Waals surface area contributed by atoms with Crippen molar-refractivity contribution in [1.82, 2.24) is 9.88 Å². The summed E-state index contributed by atoms with van der Waals surface area (Å²) in [6.45, 7) is 6.64. The van der Waals surface area contributed by atoms with Crippen LogP contribution in [0.25, 0.3) is 17.0 Å². The van der Waals surface area contributed by atoms with E-state index < -0.39 is 11.8 Å². The Balaban J connectivity index is 1.59. The average Bonchev–Trinajstić information content (AvgIpc) is 3.16. The number of aryl methyl sites for hydroxylation is 3. The number of aromatic nitrogens is 1. The molecule has 0 bridgehead atoms. The Bertz CT molecular complexity index is 1550. The molecule has 1 saturated heterocycles. The van der Waals surface area contributed by atoms with E-state index in [0.29, 0.717) is 12.2 Å². The quantitative estimate of drug-likeness (QED) is 0.241. The lowest BCUT2D eigenvalue weighted by atomic mass is 10.0. The van der Waals surface area contributed by atoms with E-state index in [1.807, 2.05) is 62.5 Å². The molecule has 0 spiro atoms. The fourth-order valence-electron chi connectivity index (χ4n) is 4.52. The number of benzene rings is 3. The van der Waals surface area contributed by atoms with Crippen molar-refractivity contribution >= 4 is 51.8 Å². The van der Waals surface area contributed by atoms with Crippen molar-refractivity contribution in [2.24, 2.45) is 0 Å². The van der Waals surface area contributed by atoms with E-state index in [1.54, 1.807) is 6.08 Å². The van der Waals surface area contributed by atoms with Gasteiger partial charge in [-0.1, -0.05) is 60.2 Å². The number of carbonyl (C=O) groups excluding carboxylic acids is 2. The third-order valence-corrected chi connectivity index (χ3v) is 6.55. The van der Waals surface area contributed by atoms with Crippen molar-refractivity contribution < 1.29 is 9.59 Å². The summed E-state index contributed by atoms with van der Waals surface area (Å²) < 4.78 is 2.15. The molecule has 0 radical (unpaired) electrons. The Morgan fingerprint density at radius 2 is 1.69 bits per heavy atom. The van der Waals surface area contributed by atoms with E-state index in [0.717, 1.165) is 27.6 Å². The van der Waals surface area contributed by atoms with Crippen LogP contribution in [-0.4, -0.2) is 21.5 Å². The van der Waals surface area contributed by atoms with E-state index in [-0.39, 0.29) is 10.7 Å². The number of thiocarbonyl (C=S) groups is 1. The largest absolute Gasteiger partial charge is 0.342 e. The van der Waals surface area contributed by atoms with Gasteiger partial charge < -0.3 is 4.57 Å². The van der Waals surface area contributed by atoms with E-state index >= 15 is 0 Å². The van der Waals surface area contributed by atoms with Gasteiger partial charge in [-0.2, -0.15) is 0 Å². The molecule has 0 atom stereocenters. The first-order valence-electron chi connectivity index (χ1n) is 11.4. The van der Waals surface area contributed by atoms with E-state index in [1.165, 1.54) is 16.0 Å². The molecule has 0 aliphatic carbocycles. The highest BCUT2D eigenvalue weighted by molar-refractivity contribution is 7.80. The monoisotopic (exact) mass is 479 g/mol. The van der Waals surface area contributed by atoms with Gasteiger partial charge in [0.1, 0.15) is 5.57 Å². The highest BCUT2D eigenvalue weighted by atomic mass is 32.1. The summed E-state index contributed by atoms with van der Waals surface area (Å²) in [5, 5.41) is 3.76. The molecule has 1 aromatic heterocycles. The van der Waals surface area contributed by atoms with Crippen molar-refractivity contribution in [2.75, 3.05) is 4.90 Å². The molecular formula is C29H25N3O2S. The van der Waals surface area contributed by atoms with Gasteiger partial charge in [-0.05, 0) is 67.9 Å². The molecule has 174 valence electrons. The number of para-hydroxylation sites is 1. The smallest absolute Gasteiger partial charge is 0.270 e. The van der Waals surface area contributed by atoms with Crippen LogP contribution >= 0.6 is 12.2 Å². The summed E-state index contributed by atoms with van der Waals surface area (Å²) in [6, 6.07) is 22.2. The summed E-state index contributed by atoms with van der Waals surface area (Å²) in [6.07, 6.45) is 3.67. The van der Waals surface area contributed by atoms with Gasteiger partial charge in [-0.15, -0.1) is 0 Å². The lowest BCUT2D eigenvalue weighted by Crippen LogP contribution is -2.54. The summed E-state index contributed by atoms with van der Waals surface area (Å²) in [5.41, 5.74) is 6.85. The molecule has 1 N–H and O–H groups in total. The van der Waals surface area contributed by atoms with E-state index in [4.69, 9.17) is 12.2 Å². The van der Waals surface area contributed by atoms with Crippen LogP contribution in [0.15, 0.2) is 78.5 Å². The van der Waals surface area contributed by atoms with Crippen LogP contribution in [0.2, 0.25) is 0 Å². The SMILES string of the molecule is Cc1cccc(Cn2cc(/C=C3\C(=O)NC(=S)N(c4cc(C)ccc4C)C3=O)c3ccccc32)c1. The van der Waals surface area contributed by atoms with Gasteiger partial charge >= 0.3 is 0 Å². The number of nitrogens with one attached hydrogen (secondary N) is 1. The molecule has 5 nitrogen and oxygen atoms in total. The summed E-state index contributed by atoms with van der Waals surface area (Å²) in [5.74, 6) is -0.917. The maximum absolute atomic E-state index is 13.6. The van der Waals surface area contributed by atoms with Crippen molar-refractivity contribution in [2.45, 2.75) is 27.3 Å². The number of fused-ring (bicyclic) bond motifs is 1. The van der Waals surface area contributed by atoms with Gasteiger partial charge in [0.15, 0.2) is 5.11 Å². The number of rotatable bonds is 4. The highest BCUT2D eigenvalue weighted by Crippen LogP contribution is 2.29. The maximum Gasteiger partial charge on any atom is 0.270 e. The van der Waals surface area contributed by atoms with Crippen molar-refractivity contribution in [3.8, 4) is 0 Å². The fourth-order valence-corrected chi connectivity index (χ4v) is 4.79. The van der Waals surface area contributed by atoms with E-state index in [2.05, 4.69) is 41.1 Å². The zero-order valence-corrected chi connectivity index (χ0v) is 20.6. The van der Waals surface area contributed by atoms with Crippen molar-refractivity contribution in [1.29, 1.82) is 0 Å². The topological polar surface area (TPSA) is 54.3 Å². The second-order valence-electron chi connectivity index (χ2n) is 8.97. The summed E-state index contributed by atoms with van der Waals surface area (Å²) >= 11 is 5.39. The fraction of sp³-hybridized carbons (Fsp3) is 0.138. The molecule has 5 rings (SSSR count). The second kappa shape index (κ2) is 8.96. The molecule has 4 aromatic rings. The maximum atomic E-state index is 13.6. The van der Waals surface area contributed by atoms with Crippen LogP contribution in [-0.2, 0) is 16.1 Å². The number of amides is 2. The van der Waals surface area contributed by atoms with Crippen molar-refractivity contribution in [3.05, 3.63) is 106 Å². The van der Waals surface area contributed by atoms with Crippen LogP contribution in [0.3, 0.4) is 0 Å². The van der Waals surface area contributed by atoms with Crippen LogP contribution in [0.1, 0.15) is 27.8 Å². The molecule has 6 heteroatoms. The van der Waals surface area contributed by atoms with Gasteiger partial charge in [0.25, 0.3) is 11.8 Å². The van der Waals surface area contributed by atoms with E-state index in [9.17, 15) is 9.59 Å². The molecule has 1 aliphatic heterocycles. The van der Waals surface area contributed by atoms with Gasteiger partial charge in [-0.3, -0.25) is 19.8 Å². The molecule has 1 aliphatic rings. The summed E-state index contributed by atoms with van der Waals surface area (Å²) in [7, 11) is 0. The molecule has 35 heavy (non-hydrogen) atoms. The highest BCUT2D eigenvalue weighted by Gasteiger charge is 2.35. The molecule has 2 heterocycles. The molecule has 3 aromatic carbocycles. The molecule has 2 amide bonds. The lowest BCUT2D eigenvalue weighted by molar-refractivity contribution is -0.122. The third kappa shape index (κ3) is 4.29. The molecule has 0 unspecified atom stereocenters. The van der Waals surface area contributed by atoms with Crippen LogP contribution in [0.5, 0.6) is 0 Å². The number of anilines is 1. The molecular weight excluding hydrogens is 454 g/mol. The predicted octanol–water partition coefficient (Wildman–Crippen LogP) is 5.45. The normalized spacial score (nSPS) is 15.2. The number of carbonyl (C=O) groups is 2. The number of hydrogen-bond donors (Lipinski definition) is 1. The lowest BCUT2D eigenvalue weighted by Gasteiger charge is -2.30. The number of hydrogen-bond acceptors (Lipinski definition) is 3. The Morgan fingerprint density at radius 3 is 2.49 bits per heavy atom. The first kappa shape index (κ1) is 22.7. The predicted molar refractivity (Wildman–Crippen MR) is 144 cm³/mol. The Kier molecular flexibility index (Phi) is 5.83. The first-order valence-corrected chi connectivity index (χ1v) is 11.8. The average molecular weight is 480 g/mol. The van der Waals surface area contributed by atoms with Crippen LogP contribution < -0.4 is 10.2 Å². The Labute approximate surface area is 209 Å². The second-order valence-corrected chi connectivity index (χ2v) is 9.35. The standard InChI is InChI=1S/C29H25N3O2S/c1-18-7-6-8-21(13-18)16-31-17-22(23-9-4-5-10-25(23)31)15-24-27(33)30-29(35)32(28(24)34)26-14-19(2)11-12-20(26)3/h4-15,17H,16H2,1-3H3,(H,30,33,35)/b24-15+. The van der Waals surface area contributed by atoms with Crippen molar-refractivity contribution in [3.63, 3.8) is 0 Å². The van der Waals surface area contributed by atoms with Crippen LogP contribution in [0.4, 0.5) is 5.69 Å². The zero-order chi connectivity index (χ0) is 24.7. The Morgan fingerprint density at radius 1 is 0.914 bits per heavy atom. The van der Waals surface area contributed by atoms with Crippen LogP contribution in [0, 0.1) is 20.8 Å². The minimum atomic E-state index is -0.489. The van der Waals surface area contributed by atoms with Gasteiger partial charge in [0, 0.05) is 29.2 Å². The minimum Gasteiger partial charge on any atom is -0.342 e. The molecule has 1 fully saturated rings. The first-order chi connectivity index (χ1) is 16.8. The van der Waals surface area contributed by atoms with Gasteiger partial charge in [0.2, 0.25) is 0 Å². The van der Waals surface area contributed by atoms with Gasteiger partial charge in [0.05, 0.1) is 5.69 Å². The third-order valence-electron chi connectivity index (χ3n) is 6.26. The summed E-state index contributed by atoms with van der Waals surface area (Å²) in [4.78, 5) is 27.9. The molecule has 0 saturated carbocycles. The zero-order valence-electron chi connectivity index (χ0n) is 19.8.